The Kier molecular flexibility index (Phi) is 3.34. The second kappa shape index (κ2) is 4.36. The van der Waals surface area contributed by atoms with Crippen LogP contribution < -0.4 is 0 Å². The molecule has 1 fully saturated rings. The summed E-state index contributed by atoms with van der Waals surface area (Å²) in [6, 6.07) is 0. The van der Waals surface area contributed by atoms with E-state index in [0.717, 1.165) is 23.5 Å². The van der Waals surface area contributed by atoms with E-state index in [4.69, 9.17) is 0 Å². The van der Waals surface area contributed by atoms with Gasteiger partial charge in [-0.2, -0.15) is 0 Å². The van der Waals surface area contributed by atoms with Gasteiger partial charge in [-0.3, -0.25) is 0 Å². The van der Waals surface area contributed by atoms with Crippen LogP contribution >= 0.6 is 11.3 Å². The van der Waals surface area contributed by atoms with Crippen molar-refractivity contribution in [2.24, 2.45) is 11.3 Å². The third kappa shape index (κ3) is 3.29. The molecule has 1 heterocycles. The van der Waals surface area contributed by atoms with E-state index in [9.17, 15) is 5.11 Å². The van der Waals surface area contributed by atoms with Gasteiger partial charge >= 0.3 is 0 Å². The molecule has 0 aliphatic heterocycles. The molecule has 0 aromatic carbocycles. The fourth-order valence-corrected chi connectivity index (χ4v) is 4.27. The van der Waals surface area contributed by atoms with E-state index in [1.807, 2.05) is 6.92 Å². The summed E-state index contributed by atoms with van der Waals surface area (Å²) in [4.78, 5) is 4.48. The normalized spacial score (nSPS) is 32.6. The Balaban J connectivity index is 2.12. The van der Waals surface area contributed by atoms with Crippen molar-refractivity contribution in [2.75, 3.05) is 0 Å². The Labute approximate surface area is 108 Å². The van der Waals surface area contributed by atoms with Gasteiger partial charge in [0.05, 0.1) is 16.3 Å². The predicted octanol–water partition coefficient (Wildman–Crippen LogP) is 3.57. The molecule has 1 aromatic heterocycles. The first-order chi connectivity index (χ1) is 7.78. The zero-order chi connectivity index (χ0) is 12.7. The van der Waals surface area contributed by atoms with Crippen molar-refractivity contribution in [2.45, 2.75) is 59.0 Å². The van der Waals surface area contributed by atoms with Gasteiger partial charge in [-0.25, -0.2) is 4.98 Å². The molecule has 3 heteroatoms. The van der Waals surface area contributed by atoms with Crippen molar-refractivity contribution in [3.8, 4) is 0 Å². The van der Waals surface area contributed by atoms with Gasteiger partial charge in [0.25, 0.3) is 0 Å². The van der Waals surface area contributed by atoms with Crippen LogP contribution in [0.15, 0.2) is 5.38 Å². The molecule has 1 aliphatic carbocycles. The summed E-state index contributed by atoms with van der Waals surface area (Å²) >= 11 is 1.67. The minimum Gasteiger partial charge on any atom is -0.389 e. The average Bonchev–Trinajstić information content (AvgIpc) is 2.44. The molecule has 0 saturated heterocycles. The number of hydrogen-bond donors (Lipinski definition) is 1. The van der Waals surface area contributed by atoms with Gasteiger partial charge in [0.2, 0.25) is 0 Å². The molecule has 0 radical (unpaired) electrons. The molecule has 2 unspecified atom stereocenters. The summed E-state index contributed by atoms with van der Waals surface area (Å²) in [5.41, 5.74) is 0.749. The Morgan fingerprint density at radius 3 is 2.71 bits per heavy atom. The quantitative estimate of drug-likeness (QED) is 0.874. The van der Waals surface area contributed by atoms with Gasteiger partial charge in [-0.1, -0.05) is 20.8 Å². The van der Waals surface area contributed by atoms with Crippen molar-refractivity contribution in [1.29, 1.82) is 0 Å². The van der Waals surface area contributed by atoms with E-state index in [0.29, 0.717) is 12.3 Å². The number of aliphatic hydroxyl groups is 1. The molecule has 0 bridgehead atoms. The molecule has 1 aromatic rings. The van der Waals surface area contributed by atoms with Gasteiger partial charge in [-0.15, -0.1) is 11.3 Å². The second-order valence-electron chi connectivity index (χ2n) is 6.61. The fraction of sp³-hybridized carbons (Fsp3) is 0.786. The van der Waals surface area contributed by atoms with Crippen molar-refractivity contribution < 1.29 is 5.11 Å². The summed E-state index contributed by atoms with van der Waals surface area (Å²) in [5.74, 6) is 0.600. The zero-order valence-electron chi connectivity index (χ0n) is 11.3. The van der Waals surface area contributed by atoms with Crippen molar-refractivity contribution in [3.05, 3.63) is 16.1 Å². The first-order valence-corrected chi connectivity index (χ1v) is 7.29. The van der Waals surface area contributed by atoms with Crippen LogP contribution in [0.5, 0.6) is 0 Å². The maximum atomic E-state index is 10.8. The van der Waals surface area contributed by atoms with E-state index < -0.39 is 5.60 Å². The Morgan fingerprint density at radius 1 is 1.47 bits per heavy atom. The molecule has 17 heavy (non-hydrogen) atoms. The van der Waals surface area contributed by atoms with Gasteiger partial charge < -0.3 is 5.11 Å². The highest BCUT2D eigenvalue weighted by atomic mass is 32.1. The van der Waals surface area contributed by atoms with Crippen molar-refractivity contribution in [1.82, 2.24) is 4.98 Å². The number of aryl methyl sites for hydroxylation is 1. The van der Waals surface area contributed by atoms with Crippen LogP contribution in [0.2, 0.25) is 0 Å². The van der Waals surface area contributed by atoms with Crippen LogP contribution in [0.3, 0.4) is 0 Å². The molecule has 2 nitrogen and oxygen atoms in total. The fourth-order valence-electron chi connectivity index (χ4n) is 3.66. The van der Waals surface area contributed by atoms with Gasteiger partial charge in [0.15, 0.2) is 0 Å². The lowest BCUT2D eigenvalue weighted by molar-refractivity contribution is -0.0579. The molecule has 2 rings (SSSR count). The van der Waals surface area contributed by atoms with E-state index in [2.05, 4.69) is 31.1 Å². The van der Waals surface area contributed by atoms with Crippen LogP contribution in [0.4, 0.5) is 0 Å². The van der Waals surface area contributed by atoms with Crippen LogP contribution in [-0.2, 0) is 6.42 Å². The molecule has 0 amide bonds. The summed E-state index contributed by atoms with van der Waals surface area (Å²) in [5, 5.41) is 14.0. The standard InChI is InChI=1S/C14H23NOS/c1-10-5-13(3,4)9-14(16,6-10)7-12-8-17-11(2)15-12/h8,10,16H,5-7,9H2,1-4H3. The number of aromatic nitrogens is 1. The molecular formula is C14H23NOS. The molecule has 1 saturated carbocycles. The third-order valence-corrected chi connectivity index (χ3v) is 4.44. The summed E-state index contributed by atoms with van der Waals surface area (Å²) < 4.78 is 0. The van der Waals surface area contributed by atoms with Gasteiger partial charge in [0.1, 0.15) is 0 Å². The monoisotopic (exact) mass is 253 g/mol. The Morgan fingerprint density at radius 2 is 2.18 bits per heavy atom. The largest absolute Gasteiger partial charge is 0.389 e. The number of thiazole rings is 1. The second-order valence-corrected chi connectivity index (χ2v) is 7.68. The SMILES string of the molecule is Cc1nc(CC2(O)CC(C)CC(C)(C)C2)cs1. The molecule has 96 valence electrons. The van der Waals surface area contributed by atoms with E-state index >= 15 is 0 Å². The lowest BCUT2D eigenvalue weighted by atomic mass is 9.65. The highest BCUT2D eigenvalue weighted by Gasteiger charge is 2.41. The maximum absolute atomic E-state index is 10.8. The van der Waals surface area contributed by atoms with Crippen LogP contribution in [-0.4, -0.2) is 15.7 Å². The van der Waals surface area contributed by atoms with Crippen LogP contribution in [0.1, 0.15) is 50.7 Å². The number of rotatable bonds is 2. The highest BCUT2D eigenvalue weighted by Crippen LogP contribution is 2.45. The number of nitrogens with zero attached hydrogens (tertiary/aromatic N) is 1. The van der Waals surface area contributed by atoms with E-state index in [-0.39, 0.29) is 5.41 Å². The number of hydrogen-bond acceptors (Lipinski definition) is 3. The van der Waals surface area contributed by atoms with Crippen molar-refractivity contribution in [3.63, 3.8) is 0 Å². The van der Waals surface area contributed by atoms with Crippen LogP contribution in [0, 0.1) is 18.3 Å². The Hall–Kier alpha value is -0.410. The van der Waals surface area contributed by atoms with E-state index in [1.54, 1.807) is 11.3 Å². The predicted molar refractivity (Wildman–Crippen MR) is 72.3 cm³/mol. The zero-order valence-corrected chi connectivity index (χ0v) is 12.1. The van der Waals surface area contributed by atoms with Gasteiger partial charge in [-0.05, 0) is 37.5 Å². The topological polar surface area (TPSA) is 33.1 Å². The molecular weight excluding hydrogens is 230 g/mol. The molecule has 1 aliphatic rings. The Bertz CT molecular complexity index is 399. The lowest BCUT2D eigenvalue weighted by Crippen LogP contribution is -2.43. The van der Waals surface area contributed by atoms with Crippen LogP contribution in [0.25, 0.3) is 0 Å². The summed E-state index contributed by atoms with van der Waals surface area (Å²) in [6.45, 7) is 8.80. The van der Waals surface area contributed by atoms with Gasteiger partial charge in [0, 0.05) is 11.8 Å². The maximum Gasteiger partial charge on any atom is 0.0897 e. The van der Waals surface area contributed by atoms with E-state index in [1.165, 1.54) is 6.42 Å². The molecule has 1 N–H and O–H groups in total. The summed E-state index contributed by atoms with van der Waals surface area (Å²) in [7, 11) is 0. The molecule has 0 spiro atoms. The minimum absolute atomic E-state index is 0.248. The lowest BCUT2D eigenvalue weighted by Gasteiger charge is -2.44. The first-order valence-electron chi connectivity index (χ1n) is 6.41. The summed E-state index contributed by atoms with van der Waals surface area (Å²) in [6.07, 6.45) is 3.73. The highest BCUT2D eigenvalue weighted by molar-refractivity contribution is 7.09. The smallest absolute Gasteiger partial charge is 0.0897 e. The average molecular weight is 253 g/mol. The minimum atomic E-state index is -0.554. The third-order valence-electron chi connectivity index (χ3n) is 3.61. The molecule has 2 atom stereocenters. The van der Waals surface area contributed by atoms with Crippen molar-refractivity contribution >= 4 is 11.3 Å². The first kappa shape index (κ1) is 13.0.